The molecule has 0 aliphatic carbocycles. The first-order chi connectivity index (χ1) is 13.5. The first-order valence-electron chi connectivity index (χ1n) is 8.68. The molecule has 6 nitrogen and oxygen atoms in total. The molecule has 28 heavy (non-hydrogen) atoms. The Bertz CT molecular complexity index is 1000. The van der Waals surface area contributed by atoms with E-state index in [0.717, 1.165) is 17.0 Å². The second kappa shape index (κ2) is 9.32. The number of H-pyrrole nitrogens is 1. The Morgan fingerprint density at radius 2 is 1.86 bits per heavy atom. The van der Waals surface area contributed by atoms with Crippen LogP contribution in [0.2, 0.25) is 10.0 Å². The van der Waals surface area contributed by atoms with Gasteiger partial charge in [0.15, 0.2) is 11.5 Å². The minimum Gasteiger partial charge on any atom is -0.490 e. The van der Waals surface area contributed by atoms with Crippen LogP contribution in [-0.4, -0.2) is 21.5 Å². The molecule has 0 radical (unpaired) electrons. The molecule has 1 heterocycles. The lowest BCUT2D eigenvalue weighted by Crippen LogP contribution is -2.16. The van der Waals surface area contributed by atoms with Gasteiger partial charge in [0, 0.05) is 16.1 Å². The van der Waals surface area contributed by atoms with Crippen LogP contribution in [0.5, 0.6) is 11.5 Å². The number of hydrogen-bond donors (Lipinski definition) is 2. The number of aromatic nitrogens is 3. The molecule has 0 unspecified atom stereocenters. The molecule has 0 saturated heterocycles. The van der Waals surface area contributed by atoms with Crippen molar-refractivity contribution >= 4 is 35.4 Å². The van der Waals surface area contributed by atoms with Crippen molar-refractivity contribution in [1.29, 1.82) is 0 Å². The van der Waals surface area contributed by atoms with E-state index in [0.29, 0.717) is 46.1 Å². The summed E-state index contributed by atoms with van der Waals surface area (Å²) in [7, 11) is 0. The van der Waals surface area contributed by atoms with Gasteiger partial charge in [0.05, 0.1) is 13.2 Å². The van der Waals surface area contributed by atoms with E-state index in [4.69, 9.17) is 44.9 Å². The van der Waals surface area contributed by atoms with Gasteiger partial charge < -0.3 is 14.9 Å². The minimum atomic E-state index is 0.383. The van der Waals surface area contributed by atoms with E-state index in [2.05, 4.69) is 15.6 Å². The molecule has 9 heteroatoms. The van der Waals surface area contributed by atoms with Gasteiger partial charge in [0.1, 0.15) is 12.4 Å². The highest BCUT2D eigenvalue weighted by molar-refractivity contribution is 7.71. The van der Waals surface area contributed by atoms with Gasteiger partial charge in [-0.15, -0.1) is 0 Å². The van der Waals surface area contributed by atoms with E-state index in [-0.39, 0.29) is 0 Å². The molecule has 2 aromatic carbocycles. The zero-order valence-electron chi connectivity index (χ0n) is 15.5. The molecule has 0 atom stereocenters. The Hall–Kier alpha value is -2.22. The highest BCUT2D eigenvalue weighted by atomic mass is 35.5. The fourth-order valence-electron chi connectivity index (χ4n) is 2.56. The van der Waals surface area contributed by atoms with E-state index in [1.165, 1.54) is 0 Å². The normalized spacial score (nSPS) is 10.7. The molecule has 2 N–H and O–H groups in total. The lowest BCUT2D eigenvalue weighted by atomic mass is 10.2. The minimum absolute atomic E-state index is 0.383. The second-order valence-corrected chi connectivity index (χ2v) is 7.22. The van der Waals surface area contributed by atoms with Gasteiger partial charge in [-0.05, 0) is 55.4 Å². The van der Waals surface area contributed by atoms with E-state index < -0.39 is 0 Å². The molecule has 0 spiro atoms. The van der Waals surface area contributed by atoms with E-state index in [1.807, 2.05) is 44.2 Å². The third kappa shape index (κ3) is 4.98. The molecule has 3 aromatic rings. The van der Waals surface area contributed by atoms with Gasteiger partial charge in [-0.25, -0.2) is 4.68 Å². The van der Waals surface area contributed by atoms with Gasteiger partial charge in [-0.1, -0.05) is 35.3 Å². The van der Waals surface area contributed by atoms with Crippen molar-refractivity contribution in [2.45, 2.75) is 27.0 Å². The van der Waals surface area contributed by atoms with E-state index in [9.17, 15) is 0 Å². The Morgan fingerprint density at radius 3 is 2.50 bits per heavy atom. The van der Waals surface area contributed by atoms with Crippen LogP contribution in [0.25, 0.3) is 0 Å². The standard InChI is InChI=1S/C19H20Cl2N4O2S/c1-3-26-17-8-14(10-22-25-12(2)23-24-19(25)28)16(21)9-18(17)27-11-13-4-6-15(20)7-5-13/h4-9,22H,3,10-11H2,1-2H3,(H,24,28). The maximum atomic E-state index is 6.47. The van der Waals surface area contributed by atoms with Crippen LogP contribution in [0.15, 0.2) is 36.4 Å². The maximum Gasteiger partial charge on any atom is 0.214 e. The molecule has 0 aliphatic rings. The number of nitrogens with one attached hydrogen (secondary N) is 2. The lowest BCUT2D eigenvalue weighted by Gasteiger charge is -2.16. The van der Waals surface area contributed by atoms with Crippen molar-refractivity contribution < 1.29 is 9.47 Å². The van der Waals surface area contributed by atoms with Crippen LogP contribution in [0.3, 0.4) is 0 Å². The summed E-state index contributed by atoms with van der Waals surface area (Å²) in [4.78, 5) is 0. The van der Waals surface area contributed by atoms with E-state index >= 15 is 0 Å². The Balaban J connectivity index is 1.77. The summed E-state index contributed by atoms with van der Waals surface area (Å²) in [5.74, 6) is 1.95. The van der Waals surface area contributed by atoms with Crippen molar-refractivity contribution in [2.24, 2.45) is 0 Å². The van der Waals surface area contributed by atoms with Crippen LogP contribution in [0, 0.1) is 11.7 Å². The molecule has 148 valence electrons. The fraction of sp³-hybridized carbons (Fsp3) is 0.263. The number of nitrogens with zero attached hydrogens (tertiary/aromatic N) is 2. The van der Waals surface area contributed by atoms with Crippen molar-refractivity contribution in [3.63, 3.8) is 0 Å². The van der Waals surface area contributed by atoms with E-state index in [1.54, 1.807) is 10.7 Å². The van der Waals surface area contributed by atoms with Gasteiger partial charge in [-0.3, -0.25) is 5.10 Å². The summed E-state index contributed by atoms with van der Waals surface area (Å²) in [6.45, 7) is 5.11. The average molecular weight is 439 g/mol. The maximum absolute atomic E-state index is 6.47. The zero-order valence-corrected chi connectivity index (χ0v) is 17.8. The predicted octanol–water partition coefficient (Wildman–Crippen LogP) is 5.28. The summed E-state index contributed by atoms with van der Waals surface area (Å²) in [5.41, 5.74) is 5.05. The Kier molecular flexibility index (Phi) is 6.83. The molecule has 1 aromatic heterocycles. The summed E-state index contributed by atoms with van der Waals surface area (Å²) in [6.07, 6.45) is 0. The van der Waals surface area contributed by atoms with Crippen LogP contribution in [-0.2, 0) is 13.2 Å². The molecule has 0 bridgehead atoms. The quantitative estimate of drug-likeness (QED) is 0.468. The molecule has 0 amide bonds. The largest absolute Gasteiger partial charge is 0.490 e. The first kappa shape index (κ1) is 20.5. The van der Waals surface area contributed by atoms with Crippen molar-refractivity contribution in [3.05, 3.63) is 68.2 Å². The smallest absolute Gasteiger partial charge is 0.214 e. The zero-order chi connectivity index (χ0) is 20.1. The van der Waals surface area contributed by atoms with Gasteiger partial charge >= 0.3 is 0 Å². The molecule has 3 rings (SSSR count). The average Bonchev–Trinajstić information content (AvgIpc) is 3.00. The van der Waals surface area contributed by atoms with Crippen molar-refractivity contribution in [2.75, 3.05) is 12.0 Å². The third-order valence-electron chi connectivity index (χ3n) is 3.99. The van der Waals surface area contributed by atoms with Gasteiger partial charge in [0.25, 0.3) is 0 Å². The monoisotopic (exact) mass is 438 g/mol. The first-order valence-corrected chi connectivity index (χ1v) is 9.84. The summed E-state index contributed by atoms with van der Waals surface area (Å²) < 4.78 is 13.9. The van der Waals surface area contributed by atoms with Gasteiger partial charge in [-0.2, -0.15) is 5.10 Å². The molecular formula is C19H20Cl2N4O2S. The number of halogens is 2. The summed E-state index contributed by atoms with van der Waals surface area (Å²) in [5, 5.41) is 8.05. The second-order valence-electron chi connectivity index (χ2n) is 5.98. The fourth-order valence-corrected chi connectivity index (χ4v) is 3.15. The molecule has 0 aliphatic heterocycles. The molecule has 0 saturated carbocycles. The molecule has 0 fully saturated rings. The lowest BCUT2D eigenvalue weighted by molar-refractivity contribution is 0.269. The van der Waals surface area contributed by atoms with Crippen molar-refractivity contribution in [1.82, 2.24) is 14.9 Å². The summed E-state index contributed by atoms with van der Waals surface area (Å²) in [6, 6.07) is 11.1. The van der Waals surface area contributed by atoms with Gasteiger partial charge in [0.2, 0.25) is 4.77 Å². The Labute approximate surface area is 178 Å². The number of benzene rings is 2. The van der Waals surface area contributed by atoms with Crippen LogP contribution >= 0.6 is 35.4 Å². The summed E-state index contributed by atoms with van der Waals surface area (Å²) >= 11 is 17.6. The highest BCUT2D eigenvalue weighted by Gasteiger charge is 2.12. The predicted molar refractivity (Wildman–Crippen MR) is 114 cm³/mol. The number of ether oxygens (including phenoxy) is 2. The third-order valence-corrected chi connectivity index (χ3v) is 4.87. The number of hydrogen-bond acceptors (Lipinski definition) is 5. The van der Waals surface area contributed by atoms with Crippen LogP contribution in [0.4, 0.5) is 0 Å². The van der Waals surface area contributed by atoms with Crippen LogP contribution < -0.4 is 14.9 Å². The molecular weight excluding hydrogens is 419 g/mol. The SMILES string of the molecule is CCOc1cc(CNn2c(C)n[nH]c2=S)c(Cl)cc1OCc1ccc(Cl)cc1. The Morgan fingerprint density at radius 1 is 1.14 bits per heavy atom. The number of rotatable bonds is 8. The van der Waals surface area contributed by atoms with Crippen molar-refractivity contribution in [3.8, 4) is 11.5 Å². The highest BCUT2D eigenvalue weighted by Crippen LogP contribution is 2.34. The van der Waals surface area contributed by atoms with Crippen LogP contribution in [0.1, 0.15) is 23.9 Å². The number of aromatic amines is 1. The number of aryl methyl sites for hydroxylation is 1. The topological polar surface area (TPSA) is 64.1 Å².